The summed E-state index contributed by atoms with van der Waals surface area (Å²) in [5, 5.41) is 0. The summed E-state index contributed by atoms with van der Waals surface area (Å²) < 4.78 is 4.82. The van der Waals surface area contributed by atoms with Gasteiger partial charge in [-0.3, -0.25) is 0 Å². The van der Waals surface area contributed by atoms with Gasteiger partial charge in [-0.05, 0) is 0 Å². The molecule has 0 rings (SSSR count). The van der Waals surface area contributed by atoms with Gasteiger partial charge in [-0.15, -0.1) is 0 Å². The fourth-order valence-corrected chi connectivity index (χ4v) is 9.06. The monoisotopic (exact) mass is 239 g/mol. The largest absolute Gasteiger partial charge is 1.00 e. The maximum atomic E-state index is 4.82. The zero-order valence-corrected chi connectivity index (χ0v) is 17.7. The smallest absolute Gasteiger partial charge is 1.00 e. The fourth-order valence-electron chi connectivity index (χ4n) is 1.01. The Balaban J connectivity index is -0.000000107. The van der Waals surface area contributed by atoms with Gasteiger partial charge in [-0.25, -0.2) is 0 Å². The molecule has 0 bridgehead atoms. The van der Waals surface area contributed by atoms with Gasteiger partial charge in [-0.2, -0.15) is 0 Å². The molecule has 1 nitrogen and oxygen atoms in total. The molecule has 0 aliphatic rings. The summed E-state index contributed by atoms with van der Waals surface area (Å²) in [5.41, 5.74) is 0. The number of rotatable bonds is 2. The van der Waals surface area contributed by atoms with Gasteiger partial charge in [0.1, 0.15) is 0 Å². The topological polar surface area (TPSA) is 14.1 Å². The minimum atomic E-state index is -1.11. The van der Waals surface area contributed by atoms with E-state index in [4.69, 9.17) is 4.65 Å². The predicted octanol–water partition coefficient (Wildman–Crippen LogP) is -2.85. The molecule has 5 heteroatoms. The Hall–Kier alpha value is 3.67. The second-order valence-electron chi connectivity index (χ2n) is 4.45. The first-order valence-corrected chi connectivity index (χ1v) is 10.3. The van der Waals surface area contributed by atoms with Crippen molar-refractivity contribution in [1.82, 2.24) is 0 Å². The normalized spacial score (nSPS) is 11.5. The summed E-state index contributed by atoms with van der Waals surface area (Å²) in [6.07, 6.45) is 0. The Morgan fingerprint density at radius 1 is 0.727 bits per heavy atom. The van der Waals surface area contributed by atoms with Gasteiger partial charge in [-0.1, -0.05) is 55.8 Å². The molecule has 0 spiro atoms. The van der Waals surface area contributed by atoms with Crippen LogP contribution in [0.5, 0.6) is 0 Å². The van der Waals surface area contributed by atoms with Crippen molar-refractivity contribution < 1.29 is 104 Å². The first-order chi connectivity index (χ1) is 3.71. The van der Waals surface area contributed by atoms with Crippen LogP contribution < -0.4 is 103 Å². The number of hydrogen-bond acceptors (Lipinski definition) is 0. The van der Waals surface area contributed by atoms with Crippen molar-refractivity contribution in [3.63, 3.8) is 0 Å². The van der Waals surface area contributed by atoms with Crippen LogP contribution in [-0.2, 0) is 0 Å². The average Bonchev–Trinajstić information content (AvgIpc) is 1.14. The Bertz CT molecular complexity index is 88.7. The third-order valence-electron chi connectivity index (χ3n) is 0.671. The maximum Gasteiger partial charge on any atom is 1.00 e. The van der Waals surface area contributed by atoms with Gasteiger partial charge in [0.15, 0.2) is 0 Å². The summed E-state index contributed by atoms with van der Waals surface area (Å²) in [6.45, 7) is 13.8. The van der Waals surface area contributed by atoms with Crippen molar-refractivity contribution in [2.24, 2.45) is 0 Å². The Labute approximate surface area is 160 Å². The van der Waals surface area contributed by atoms with E-state index in [0.717, 1.165) is 0 Å². The maximum absolute atomic E-state index is 4.82. The molecule has 58 valence electrons. The van der Waals surface area contributed by atoms with Crippen molar-refractivity contribution >= 4 is 16.5 Å². The van der Waals surface area contributed by atoms with E-state index in [1.807, 2.05) is 0 Å². The van der Waals surface area contributed by atoms with Crippen LogP contribution in [0.3, 0.4) is 0 Å². The van der Waals surface area contributed by atoms with Gasteiger partial charge < -0.3 is 6.07 Å². The summed E-state index contributed by atoms with van der Waals surface area (Å²) in [5.74, 6) is 0. The van der Waals surface area contributed by atoms with E-state index in [-0.39, 0.29) is 104 Å². The van der Waals surface area contributed by atoms with E-state index in [1.165, 1.54) is 0 Å². The van der Waals surface area contributed by atoms with Crippen LogP contribution in [-0.4, -0.2) is 16.5 Å². The molecule has 0 aromatic carbocycles. The van der Waals surface area contributed by atoms with Crippen LogP contribution in [0.25, 0.3) is 4.65 Å². The Morgan fingerprint density at radius 2 is 0.909 bits per heavy atom. The second kappa shape index (κ2) is 7.89. The standard InChI is InChI=1S/C6H18NSi2.2K.H/c1-8(2,3)7-9(4,5)6;;;/h1-6H3;;;/q-1;2*+1;-1. The molecule has 0 atom stereocenters. The van der Waals surface area contributed by atoms with E-state index in [1.54, 1.807) is 0 Å². The van der Waals surface area contributed by atoms with Crippen molar-refractivity contribution in [3.05, 3.63) is 4.65 Å². The van der Waals surface area contributed by atoms with E-state index >= 15 is 0 Å². The van der Waals surface area contributed by atoms with Gasteiger partial charge >= 0.3 is 103 Å². The van der Waals surface area contributed by atoms with Gasteiger partial charge in [0.25, 0.3) is 0 Å². The quantitative estimate of drug-likeness (QED) is 0.461. The summed E-state index contributed by atoms with van der Waals surface area (Å²) in [6, 6.07) is 0. The van der Waals surface area contributed by atoms with Crippen LogP contribution in [0.15, 0.2) is 0 Å². The van der Waals surface area contributed by atoms with E-state index < -0.39 is 16.5 Å². The van der Waals surface area contributed by atoms with Crippen LogP contribution in [0, 0.1) is 0 Å². The second-order valence-corrected chi connectivity index (χ2v) is 14.0. The molecule has 0 unspecified atom stereocenters. The van der Waals surface area contributed by atoms with E-state index in [9.17, 15) is 0 Å². The third-order valence-corrected chi connectivity index (χ3v) is 6.04. The number of nitrogens with zero attached hydrogens (tertiary/aromatic N) is 1. The zero-order chi connectivity index (χ0) is 7.71. The minimum Gasteiger partial charge on any atom is -1.00 e. The molecule has 0 aromatic rings. The van der Waals surface area contributed by atoms with Crippen LogP contribution in [0.4, 0.5) is 0 Å². The van der Waals surface area contributed by atoms with Gasteiger partial charge in [0, 0.05) is 0 Å². The molecular formula is C6H19K2NSi2. The molecule has 0 fully saturated rings. The summed E-state index contributed by atoms with van der Waals surface area (Å²) in [7, 11) is -2.21. The van der Waals surface area contributed by atoms with Crippen molar-refractivity contribution in [1.29, 1.82) is 0 Å². The molecule has 0 saturated heterocycles. The minimum absolute atomic E-state index is 0. The predicted molar refractivity (Wildman–Crippen MR) is 51.2 cm³/mol. The van der Waals surface area contributed by atoms with E-state index in [2.05, 4.69) is 39.3 Å². The van der Waals surface area contributed by atoms with Crippen LogP contribution in [0.2, 0.25) is 39.3 Å². The van der Waals surface area contributed by atoms with Crippen molar-refractivity contribution in [2.45, 2.75) is 39.3 Å². The summed E-state index contributed by atoms with van der Waals surface area (Å²) >= 11 is 0. The SMILES string of the molecule is C[Si](C)(C)[N-][Si](C)(C)C.[H-].[K+].[K+]. The average molecular weight is 240 g/mol. The summed E-state index contributed by atoms with van der Waals surface area (Å²) in [4.78, 5) is 0. The van der Waals surface area contributed by atoms with Gasteiger partial charge in [0.05, 0.1) is 0 Å². The molecule has 0 aliphatic carbocycles. The molecule has 0 aromatic heterocycles. The third kappa shape index (κ3) is 19.9. The first-order valence-electron chi connectivity index (χ1n) is 3.45. The van der Waals surface area contributed by atoms with E-state index in [0.29, 0.717) is 0 Å². The van der Waals surface area contributed by atoms with Crippen LogP contribution >= 0.6 is 0 Å². The zero-order valence-electron chi connectivity index (χ0n) is 10.4. The molecule has 0 heterocycles. The van der Waals surface area contributed by atoms with Crippen LogP contribution in [0.1, 0.15) is 1.43 Å². The Morgan fingerprint density at radius 3 is 0.909 bits per heavy atom. The van der Waals surface area contributed by atoms with Crippen molar-refractivity contribution in [3.8, 4) is 0 Å². The first kappa shape index (κ1) is 20.1. The molecule has 0 N–H and O–H groups in total. The van der Waals surface area contributed by atoms with Crippen molar-refractivity contribution in [2.75, 3.05) is 0 Å². The molecule has 0 radical (unpaired) electrons. The molecule has 0 saturated carbocycles. The molecular weight excluding hydrogens is 220 g/mol. The molecule has 0 amide bonds. The van der Waals surface area contributed by atoms with Gasteiger partial charge in [0.2, 0.25) is 0 Å². The number of hydrogen-bond donors (Lipinski definition) is 0. The molecule has 11 heavy (non-hydrogen) atoms. The molecule has 0 aliphatic heterocycles. The fraction of sp³-hybridized carbons (Fsp3) is 1.00. The Kier molecular flexibility index (Phi) is 14.4.